The van der Waals surface area contributed by atoms with Gasteiger partial charge in [-0.3, -0.25) is 11.3 Å². The Balaban J connectivity index is 1.98. The van der Waals surface area contributed by atoms with Crippen molar-refractivity contribution < 1.29 is 0 Å². The van der Waals surface area contributed by atoms with Crippen molar-refractivity contribution in [1.82, 2.24) is 5.43 Å². The van der Waals surface area contributed by atoms with Crippen molar-refractivity contribution in [3.05, 3.63) is 21.3 Å². The van der Waals surface area contributed by atoms with E-state index < -0.39 is 0 Å². The fourth-order valence-corrected chi connectivity index (χ4v) is 4.31. The third-order valence-electron chi connectivity index (χ3n) is 4.31. The number of nitrogens with one attached hydrogen (secondary N) is 1. The summed E-state index contributed by atoms with van der Waals surface area (Å²) in [4.78, 5) is 1.27. The number of rotatable bonds is 4. The third-order valence-corrected chi connectivity index (χ3v) is 5.63. The van der Waals surface area contributed by atoms with Crippen molar-refractivity contribution >= 4 is 22.9 Å². The molecule has 0 aliphatic heterocycles. The molecule has 0 bridgehead atoms. The molecule has 1 aliphatic rings. The quantitative estimate of drug-likeness (QED) is 0.637. The van der Waals surface area contributed by atoms with Gasteiger partial charge in [0.1, 0.15) is 0 Å². The Morgan fingerprint density at radius 2 is 1.83 bits per heavy atom. The minimum Gasteiger partial charge on any atom is -0.271 e. The van der Waals surface area contributed by atoms with Gasteiger partial charge >= 0.3 is 0 Å². The minimum atomic E-state index is 0.274. The summed E-state index contributed by atoms with van der Waals surface area (Å²) in [6.45, 7) is 4.67. The van der Waals surface area contributed by atoms with Crippen LogP contribution in [0.25, 0.3) is 0 Å². The van der Waals surface area contributed by atoms with Gasteiger partial charge in [-0.25, -0.2) is 0 Å². The monoisotopic (exact) mass is 286 g/mol. The number of nitrogens with two attached hydrogens (primary N) is 1. The van der Waals surface area contributed by atoms with E-state index in [9.17, 15) is 0 Å². The molecule has 1 atom stereocenters. The van der Waals surface area contributed by atoms with Crippen LogP contribution >= 0.6 is 22.9 Å². The van der Waals surface area contributed by atoms with E-state index in [1.54, 1.807) is 11.3 Å². The smallest absolute Gasteiger partial charge is 0.0931 e. The fourth-order valence-electron chi connectivity index (χ4n) is 3.09. The zero-order valence-electron chi connectivity index (χ0n) is 11.2. The highest BCUT2D eigenvalue weighted by Gasteiger charge is 2.29. The van der Waals surface area contributed by atoms with E-state index in [0.29, 0.717) is 5.92 Å². The van der Waals surface area contributed by atoms with Crippen LogP contribution in [0.3, 0.4) is 0 Å². The van der Waals surface area contributed by atoms with Gasteiger partial charge in [0.05, 0.1) is 10.4 Å². The van der Waals surface area contributed by atoms with Gasteiger partial charge in [0.15, 0.2) is 0 Å². The first-order valence-corrected chi connectivity index (χ1v) is 8.02. The molecule has 0 amide bonds. The molecule has 1 aromatic heterocycles. The summed E-state index contributed by atoms with van der Waals surface area (Å²) < 4.78 is 0.848. The predicted octanol–water partition coefficient (Wildman–Crippen LogP) is 4.37. The van der Waals surface area contributed by atoms with Gasteiger partial charge in [-0.2, -0.15) is 0 Å². The van der Waals surface area contributed by atoms with Gasteiger partial charge in [0.25, 0.3) is 0 Å². The number of thiophene rings is 1. The van der Waals surface area contributed by atoms with E-state index in [1.807, 2.05) is 6.07 Å². The van der Waals surface area contributed by atoms with E-state index in [4.69, 9.17) is 17.4 Å². The highest BCUT2D eigenvalue weighted by atomic mass is 35.5. The molecule has 2 rings (SSSR count). The summed E-state index contributed by atoms with van der Waals surface area (Å²) in [6.07, 6.45) is 5.21. The molecule has 18 heavy (non-hydrogen) atoms. The molecule has 1 aromatic rings. The molecule has 1 aliphatic carbocycles. The van der Waals surface area contributed by atoms with E-state index in [0.717, 1.165) is 16.2 Å². The van der Waals surface area contributed by atoms with Gasteiger partial charge in [-0.15, -0.1) is 11.3 Å². The lowest BCUT2D eigenvalue weighted by Gasteiger charge is -2.34. The maximum atomic E-state index is 6.02. The van der Waals surface area contributed by atoms with Crippen LogP contribution in [0.1, 0.15) is 50.4 Å². The lowest BCUT2D eigenvalue weighted by Crippen LogP contribution is -2.35. The van der Waals surface area contributed by atoms with Crippen LogP contribution < -0.4 is 11.3 Å². The van der Waals surface area contributed by atoms with Crippen molar-refractivity contribution in [2.45, 2.75) is 45.6 Å². The van der Waals surface area contributed by atoms with Gasteiger partial charge in [-0.05, 0) is 55.6 Å². The Bertz CT molecular complexity index is 370. The Kier molecular flexibility index (Phi) is 5.07. The second-order valence-corrected chi connectivity index (χ2v) is 7.45. The van der Waals surface area contributed by atoms with E-state index in [1.165, 1.54) is 30.6 Å². The van der Waals surface area contributed by atoms with Crippen LogP contribution in [0.4, 0.5) is 0 Å². The molecule has 3 N–H and O–H groups in total. The molecule has 4 heteroatoms. The highest BCUT2D eigenvalue weighted by Crippen LogP contribution is 2.41. The zero-order chi connectivity index (χ0) is 13.1. The summed E-state index contributed by atoms with van der Waals surface area (Å²) in [5.41, 5.74) is 3.00. The first kappa shape index (κ1) is 14.3. The largest absolute Gasteiger partial charge is 0.271 e. The maximum absolute atomic E-state index is 6.02. The van der Waals surface area contributed by atoms with Crippen molar-refractivity contribution in [3.8, 4) is 0 Å². The maximum Gasteiger partial charge on any atom is 0.0931 e. The molecule has 1 unspecified atom stereocenters. The highest BCUT2D eigenvalue weighted by molar-refractivity contribution is 7.16. The summed E-state index contributed by atoms with van der Waals surface area (Å²) in [6, 6.07) is 4.34. The summed E-state index contributed by atoms with van der Waals surface area (Å²) >= 11 is 7.66. The average Bonchev–Trinajstić information content (AvgIpc) is 2.77. The molecular formula is C14H23ClN2S. The van der Waals surface area contributed by atoms with Crippen molar-refractivity contribution in [1.29, 1.82) is 0 Å². The van der Waals surface area contributed by atoms with Crippen LogP contribution in [-0.2, 0) is 0 Å². The molecule has 1 fully saturated rings. The summed E-state index contributed by atoms with van der Waals surface area (Å²) in [5.74, 6) is 8.11. The van der Waals surface area contributed by atoms with Gasteiger partial charge < -0.3 is 0 Å². The Morgan fingerprint density at radius 1 is 1.22 bits per heavy atom. The Hall–Kier alpha value is -0.0900. The third kappa shape index (κ3) is 3.27. The van der Waals surface area contributed by atoms with Crippen molar-refractivity contribution in [3.63, 3.8) is 0 Å². The second-order valence-electron chi connectivity index (χ2n) is 5.71. The number of hydrazine groups is 1. The minimum absolute atomic E-state index is 0.274. The van der Waals surface area contributed by atoms with Crippen molar-refractivity contribution in [2.75, 3.05) is 0 Å². The standard InChI is InChI=1S/C14H23ClN2S/c1-9(2)10-3-5-11(6-4-10)14(17-16)12-7-8-13(15)18-12/h7-11,14,17H,3-6,16H2,1-2H3. The lowest BCUT2D eigenvalue weighted by atomic mass is 9.74. The van der Waals surface area contributed by atoms with Crippen LogP contribution in [0.15, 0.2) is 12.1 Å². The topological polar surface area (TPSA) is 38.0 Å². The average molecular weight is 287 g/mol. The normalized spacial score (nSPS) is 26.5. The van der Waals surface area contributed by atoms with Gasteiger partial charge in [0, 0.05) is 4.88 Å². The molecular weight excluding hydrogens is 264 g/mol. The zero-order valence-corrected chi connectivity index (χ0v) is 12.7. The molecule has 0 radical (unpaired) electrons. The SMILES string of the molecule is CC(C)C1CCC(C(NN)c2ccc(Cl)s2)CC1. The van der Waals surface area contributed by atoms with Gasteiger partial charge in [-0.1, -0.05) is 25.4 Å². The number of hydrogen-bond donors (Lipinski definition) is 2. The van der Waals surface area contributed by atoms with Crippen LogP contribution in [0.5, 0.6) is 0 Å². The molecule has 0 spiro atoms. The molecule has 1 saturated carbocycles. The fraction of sp³-hybridized carbons (Fsp3) is 0.714. The predicted molar refractivity (Wildman–Crippen MR) is 79.7 cm³/mol. The summed E-state index contributed by atoms with van der Waals surface area (Å²) in [7, 11) is 0. The molecule has 0 saturated heterocycles. The summed E-state index contributed by atoms with van der Waals surface area (Å²) in [5, 5.41) is 0. The Labute approximate surface area is 119 Å². The van der Waals surface area contributed by atoms with E-state index in [2.05, 4.69) is 25.3 Å². The van der Waals surface area contributed by atoms with Crippen LogP contribution in [0, 0.1) is 17.8 Å². The molecule has 2 nitrogen and oxygen atoms in total. The number of hydrogen-bond acceptors (Lipinski definition) is 3. The second kappa shape index (κ2) is 6.38. The number of halogens is 1. The first-order valence-electron chi connectivity index (χ1n) is 6.83. The van der Waals surface area contributed by atoms with E-state index >= 15 is 0 Å². The van der Waals surface area contributed by atoms with E-state index in [-0.39, 0.29) is 6.04 Å². The lowest BCUT2D eigenvalue weighted by molar-refractivity contribution is 0.190. The molecule has 102 valence electrons. The Morgan fingerprint density at radius 3 is 2.28 bits per heavy atom. The van der Waals surface area contributed by atoms with Crippen LogP contribution in [-0.4, -0.2) is 0 Å². The molecule has 1 heterocycles. The molecule has 0 aromatic carbocycles. The first-order chi connectivity index (χ1) is 8.61. The van der Waals surface area contributed by atoms with Gasteiger partial charge in [0.2, 0.25) is 0 Å². The van der Waals surface area contributed by atoms with Crippen molar-refractivity contribution in [2.24, 2.45) is 23.6 Å². The van der Waals surface area contributed by atoms with Crippen LogP contribution in [0.2, 0.25) is 4.34 Å².